The first kappa shape index (κ1) is 11.9. The number of aromatic nitrogens is 2. The Bertz CT molecular complexity index is 734. The van der Waals surface area contributed by atoms with E-state index < -0.39 is 5.23 Å². The van der Waals surface area contributed by atoms with E-state index in [0.29, 0.717) is 0 Å². The van der Waals surface area contributed by atoms with Crippen molar-refractivity contribution in [3.05, 3.63) is 59.6 Å². The maximum absolute atomic E-state index is 11.0. The maximum atomic E-state index is 11.0. The molecule has 0 aliphatic rings. The minimum absolute atomic E-state index is 0.270. The van der Waals surface area contributed by atoms with E-state index in [2.05, 4.69) is 4.98 Å². The van der Waals surface area contributed by atoms with Crippen molar-refractivity contribution < 1.29 is 10.4 Å². The minimum atomic E-state index is -0.929. The predicted octanol–water partition coefficient (Wildman–Crippen LogP) is 1.71. The fraction of sp³-hybridized carbons (Fsp3) is 0.0714. The molecule has 0 amide bonds. The van der Waals surface area contributed by atoms with Gasteiger partial charge in [0.2, 0.25) is 0 Å². The SMILES string of the molecule is Cc1cccn2cc(-c3cccc([NH+]([O-])O)c3)nc12. The number of nitrogens with zero attached hydrogens (tertiary/aromatic N) is 2. The lowest BCUT2D eigenvalue weighted by Crippen LogP contribution is -2.99. The van der Waals surface area contributed by atoms with Gasteiger partial charge in [-0.3, -0.25) is 0 Å². The number of aryl methyl sites for hydroxylation is 1. The molecule has 2 aromatic heterocycles. The van der Waals surface area contributed by atoms with Crippen LogP contribution >= 0.6 is 0 Å². The number of hydrogen-bond acceptors (Lipinski definition) is 3. The number of nitrogens with one attached hydrogen (secondary N) is 1. The zero-order valence-electron chi connectivity index (χ0n) is 10.4. The van der Waals surface area contributed by atoms with Crippen LogP contribution in [0.5, 0.6) is 0 Å². The van der Waals surface area contributed by atoms with Crippen molar-refractivity contribution >= 4 is 11.3 Å². The summed E-state index contributed by atoms with van der Waals surface area (Å²) >= 11 is 0. The van der Waals surface area contributed by atoms with Gasteiger partial charge >= 0.3 is 0 Å². The summed E-state index contributed by atoms with van der Waals surface area (Å²) < 4.78 is 1.94. The topological polar surface area (TPSA) is 65.0 Å². The number of rotatable bonds is 2. The third-order valence-electron chi connectivity index (χ3n) is 3.08. The number of pyridine rings is 1. The van der Waals surface area contributed by atoms with Crippen molar-refractivity contribution in [1.29, 1.82) is 0 Å². The van der Waals surface area contributed by atoms with Crippen molar-refractivity contribution in [1.82, 2.24) is 9.38 Å². The summed E-state index contributed by atoms with van der Waals surface area (Å²) in [6, 6.07) is 10.8. The Morgan fingerprint density at radius 1 is 1.26 bits per heavy atom. The molecule has 0 aliphatic carbocycles. The number of imidazole rings is 1. The molecule has 5 heteroatoms. The Hall–Kier alpha value is -2.21. The lowest BCUT2D eigenvalue weighted by molar-refractivity contribution is -0.991. The van der Waals surface area contributed by atoms with E-state index in [1.165, 1.54) is 0 Å². The average Bonchev–Trinajstić information content (AvgIpc) is 2.84. The van der Waals surface area contributed by atoms with Crippen molar-refractivity contribution in [3.8, 4) is 11.3 Å². The van der Waals surface area contributed by atoms with Crippen LogP contribution in [-0.2, 0) is 0 Å². The summed E-state index contributed by atoms with van der Waals surface area (Å²) in [5.74, 6) is 0. The first-order chi connectivity index (χ1) is 9.15. The van der Waals surface area contributed by atoms with Crippen LogP contribution in [0.25, 0.3) is 16.9 Å². The highest BCUT2D eigenvalue weighted by atomic mass is 16.8. The number of fused-ring (bicyclic) bond motifs is 1. The summed E-state index contributed by atoms with van der Waals surface area (Å²) in [5.41, 5.74) is 3.83. The van der Waals surface area contributed by atoms with Gasteiger partial charge in [-0.2, -0.15) is 5.23 Å². The maximum Gasteiger partial charge on any atom is 0.164 e. The third kappa shape index (κ3) is 2.10. The van der Waals surface area contributed by atoms with Crippen molar-refractivity contribution in [2.45, 2.75) is 6.92 Å². The van der Waals surface area contributed by atoms with Crippen molar-refractivity contribution in [3.63, 3.8) is 0 Å². The Labute approximate surface area is 109 Å². The van der Waals surface area contributed by atoms with E-state index in [1.807, 2.05) is 41.9 Å². The molecule has 0 aliphatic heterocycles. The zero-order chi connectivity index (χ0) is 13.4. The molecule has 1 unspecified atom stereocenters. The molecule has 3 aromatic rings. The molecule has 0 spiro atoms. The molecule has 2 N–H and O–H groups in total. The second kappa shape index (κ2) is 4.47. The molecule has 1 atom stereocenters. The predicted molar refractivity (Wildman–Crippen MR) is 71.1 cm³/mol. The smallest absolute Gasteiger partial charge is 0.164 e. The molecular formula is C14H13N3O2. The van der Waals surface area contributed by atoms with Gasteiger partial charge in [-0.05, 0) is 18.6 Å². The lowest BCUT2D eigenvalue weighted by atomic mass is 10.1. The van der Waals surface area contributed by atoms with E-state index in [4.69, 9.17) is 5.21 Å². The second-order valence-corrected chi connectivity index (χ2v) is 4.43. The molecule has 96 valence electrons. The van der Waals surface area contributed by atoms with Crippen molar-refractivity contribution in [2.24, 2.45) is 0 Å². The summed E-state index contributed by atoms with van der Waals surface area (Å²) in [7, 11) is 0. The largest absolute Gasteiger partial charge is 0.595 e. The van der Waals surface area contributed by atoms with E-state index in [9.17, 15) is 5.21 Å². The monoisotopic (exact) mass is 255 g/mol. The van der Waals surface area contributed by atoms with E-state index in [0.717, 1.165) is 22.5 Å². The van der Waals surface area contributed by atoms with Gasteiger partial charge in [0.25, 0.3) is 0 Å². The normalized spacial score (nSPS) is 12.8. The van der Waals surface area contributed by atoms with Gasteiger partial charge in [0.1, 0.15) is 5.65 Å². The first-order valence-electron chi connectivity index (χ1n) is 5.93. The van der Waals surface area contributed by atoms with Crippen LogP contribution in [-0.4, -0.2) is 14.6 Å². The summed E-state index contributed by atoms with van der Waals surface area (Å²) in [5, 5.41) is 19.1. The molecule has 1 aromatic carbocycles. The Morgan fingerprint density at radius 3 is 2.84 bits per heavy atom. The van der Waals surface area contributed by atoms with Gasteiger partial charge in [0.15, 0.2) is 5.69 Å². The first-order valence-corrected chi connectivity index (χ1v) is 5.93. The van der Waals surface area contributed by atoms with Gasteiger partial charge in [-0.25, -0.2) is 10.2 Å². The summed E-state index contributed by atoms with van der Waals surface area (Å²) in [6.45, 7) is 2.00. The van der Waals surface area contributed by atoms with Crippen molar-refractivity contribution in [2.75, 3.05) is 0 Å². The van der Waals surface area contributed by atoms with E-state index in [-0.39, 0.29) is 5.69 Å². The molecule has 2 heterocycles. The van der Waals surface area contributed by atoms with E-state index in [1.54, 1.807) is 18.2 Å². The summed E-state index contributed by atoms with van der Waals surface area (Å²) in [6.07, 6.45) is 3.84. The highest BCUT2D eigenvalue weighted by Gasteiger charge is 2.08. The van der Waals surface area contributed by atoms with Crippen LogP contribution in [0, 0.1) is 12.1 Å². The van der Waals surface area contributed by atoms with Gasteiger partial charge < -0.3 is 9.61 Å². The standard InChI is InChI=1S/C14H13N3O2/c1-10-4-3-7-16-9-13(15-14(10)16)11-5-2-6-12(8-11)17(18)19/h2-9,17-18H,1H3. The highest BCUT2D eigenvalue weighted by molar-refractivity contribution is 5.66. The van der Waals surface area contributed by atoms with Crippen LogP contribution in [0.4, 0.5) is 5.69 Å². The number of hydrogen-bond donors (Lipinski definition) is 2. The quantitative estimate of drug-likeness (QED) is 0.685. The van der Waals surface area contributed by atoms with E-state index >= 15 is 0 Å². The van der Waals surface area contributed by atoms with Gasteiger partial charge in [0, 0.05) is 30.1 Å². The molecule has 5 nitrogen and oxygen atoms in total. The average molecular weight is 255 g/mol. The molecular weight excluding hydrogens is 242 g/mol. The van der Waals surface area contributed by atoms with Crippen LogP contribution in [0.3, 0.4) is 0 Å². The molecule has 0 saturated heterocycles. The fourth-order valence-electron chi connectivity index (χ4n) is 2.10. The highest BCUT2D eigenvalue weighted by Crippen LogP contribution is 2.22. The Kier molecular flexibility index (Phi) is 2.79. The second-order valence-electron chi connectivity index (χ2n) is 4.43. The summed E-state index contributed by atoms with van der Waals surface area (Å²) in [4.78, 5) is 4.55. The number of quaternary nitrogens is 1. The molecule has 3 rings (SSSR count). The Morgan fingerprint density at radius 2 is 2.11 bits per heavy atom. The van der Waals surface area contributed by atoms with Gasteiger partial charge in [-0.15, -0.1) is 0 Å². The third-order valence-corrected chi connectivity index (χ3v) is 3.08. The molecule has 0 radical (unpaired) electrons. The van der Waals surface area contributed by atoms with Crippen LogP contribution < -0.4 is 5.23 Å². The lowest BCUT2D eigenvalue weighted by Gasteiger charge is -2.11. The molecule has 0 fully saturated rings. The Balaban J connectivity index is 2.14. The molecule has 0 saturated carbocycles. The fourth-order valence-corrected chi connectivity index (χ4v) is 2.10. The number of benzene rings is 1. The van der Waals surface area contributed by atoms with Crippen LogP contribution in [0.15, 0.2) is 48.8 Å². The minimum Gasteiger partial charge on any atom is -0.595 e. The molecule has 0 bridgehead atoms. The van der Waals surface area contributed by atoms with Crippen LogP contribution in [0.1, 0.15) is 5.56 Å². The molecule has 19 heavy (non-hydrogen) atoms. The van der Waals surface area contributed by atoms with Crippen LogP contribution in [0.2, 0.25) is 0 Å². The van der Waals surface area contributed by atoms with Gasteiger partial charge in [-0.1, -0.05) is 18.2 Å². The van der Waals surface area contributed by atoms with Gasteiger partial charge in [0.05, 0.1) is 5.69 Å². The zero-order valence-corrected chi connectivity index (χ0v) is 10.4.